The van der Waals surface area contributed by atoms with E-state index in [0.29, 0.717) is 13.2 Å². The average Bonchev–Trinajstić information content (AvgIpc) is 2.76. The van der Waals surface area contributed by atoms with E-state index < -0.39 is 0 Å². The molecule has 2 saturated heterocycles. The fourth-order valence-corrected chi connectivity index (χ4v) is 3.07. The Labute approximate surface area is 128 Å². The predicted molar refractivity (Wildman–Crippen MR) is 76.9 cm³/mol. The molecule has 22 heavy (non-hydrogen) atoms. The lowest BCUT2D eigenvalue weighted by atomic mass is 10.1. The number of ether oxygens (including phenoxy) is 3. The van der Waals surface area contributed by atoms with Crippen molar-refractivity contribution in [2.24, 2.45) is 0 Å². The van der Waals surface area contributed by atoms with Gasteiger partial charge in [-0.15, -0.1) is 0 Å². The van der Waals surface area contributed by atoms with Crippen molar-refractivity contribution in [1.29, 1.82) is 0 Å². The Bertz CT molecular complexity index is 547. The van der Waals surface area contributed by atoms with Crippen LogP contribution in [-0.4, -0.2) is 55.3 Å². The number of fused-ring (bicyclic) bond motifs is 2. The van der Waals surface area contributed by atoms with Crippen LogP contribution in [0.5, 0.6) is 0 Å². The summed E-state index contributed by atoms with van der Waals surface area (Å²) in [5.41, 5.74) is 1.04. The van der Waals surface area contributed by atoms with Gasteiger partial charge in [-0.05, 0) is 5.56 Å². The van der Waals surface area contributed by atoms with E-state index in [9.17, 15) is 9.59 Å². The third-order valence-electron chi connectivity index (χ3n) is 4.13. The lowest BCUT2D eigenvalue weighted by Gasteiger charge is -2.24. The Kier molecular flexibility index (Phi) is 4.40. The lowest BCUT2D eigenvalue weighted by Crippen LogP contribution is -2.41. The van der Waals surface area contributed by atoms with Crippen LogP contribution in [0.1, 0.15) is 12.0 Å². The molecule has 1 aromatic rings. The molecule has 1 unspecified atom stereocenters. The van der Waals surface area contributed by atoms with Crippen molar-refractivity contribution >= 4 is 11.9 Å². The van der Waals surface area contributed by atoms with E-state index in [1.54, 1.807) is 0 Å². The number of esters is 2. The monoisotopic (exact) mass is 305 g/mol. The topological polar surface area (TPSA) is 65.1 Å². The van der Waals surface area contributed by atoms with Gasteiger partial charge in [-0.3, -0.25) is 14.5 Å². The molecule has 0 aliphatic carbocycles. The Morgan fingerprint density at radius 3 is 2.86 bits per heavy atom. The van der Waals surface area contributed by atoms with Crippen LogP contribution in [-0.2, 0) is 30.4 Å². The van der Waals surface area contributed by atoms with Crippen molar-refractivity contribution in [3.63, 3.8) is 0 Å². The molecule has 6 heteroatoms. The first-order chi connectivity index (χ1) is 10.7. The summed E-state index contributed by atoms with van der Waals surface area (Å²) in [6, 6.07) is 9.60. The van der Waals surface area contributed by atoms with Gasteiger partial charge < -0.3 is 14.2 Å². The van der Waals surface area contributed by atoms with Crippen molar-refractivity contribution in [3.05, 3.63) is 35.9 Å². The maximum absolute atomic E-state index is 11.6. The number of carbonyl (C=O) groups is 2. The van der Waals surface area contributed by atoms with E-state index in [0.717, 1.165) is 5.56 Å². The molecule has 0 radical (unpaired) electrons. The molecule has 0 spiro atoms. The molecule has 2 bridgehead atoms. The summed E-state index contributed by atoms with van der Waals surface area (Å²) in [5, 5.41) is 0. The van der Waals surface area contributed by atoms with Crippen LogP contribution in [0.3, 0.4) is 0 Å². The second kappa shape index (κ2) is 6.46. The molecule has 0 N–H and O–H groups in total. The molecular weight excluding hydrogens is 286 g/mol. The summed E-state index contributed by atoms with van der Waals surface area (Å²) in [5.74, 6) is -0.574. The Morgan fingerprint density at radius 1 is 1.36 bits per heavy atom. The van der Waals surface area contributed by atoms with Gasteiger partial charge in [-0.2, -0.15) is 0 Å². The average molecular weight is 305 g/mol. The van der Waals surface area contributed by atoms with Crippen molar-refractivity contribution in [3.8, 4) is 0 Å². The van der Waals surface area contributed by atoms with Crippen LogP contribution < -0.4 is 0 Å². The highest BCUT2D eigenvalue weighted by Gasteiger charge is 2.49. The summed E-state index contributed by atoms with van der Waals surface area (Å²) < 4.78 is 16.1. The molecule has 1 aromatic carbocycles. The minimum Gasteiger partial charge on any atom is -0.469 e. The first-order valence-electron chi connectivity index (χ1n) is 7.33. The Morgan fingerprint density at radius 2 is 2.14 bits per heavy atom. The SMILES string of the molecule is COC(=O)C[C@H]1[C@H](OCc2ccccc2)[C@@H]2CN1CC(=O)O2. The molecule has 2 aliphatic heterocycles. The molecule has 2 fully saturated rings. The first-order valence-corrected chi connectivity index (χ1v) is 7.33. The molecule has 6 nitrogen and oxygen atoms in total. The van der Waals surface area contributed by atoms with Gasteiger partial charge in [0.05, 0.1) is 32.7 Å². The van der Waals surface area contributed by atoms with Gasteiger partial charge in [0.2, 0.25) is 0 Å². The zero-order chi connectivity index (χ0) is 15.5. The Hall–Kier alpha value is -1.92. The smallest absolute Gasteiger partial charge is 0.320 e. The summed E-state index contributed by atoms with van der Waals surface area (Å²) in [7, 11) is 1.36. The van der Waals surface area contributed by atoms with Gasteiger partial charge in [0, 0.05) is 6.54 Å². The van der Waals surface area contributed by atoms with Crippen molar-refractivity contribution in [2.45, 2.75) is 31.3 Å². The van der Waals surface area contributed by atoms with Crippen LogP contribution in [0, 0.1) is 0 Å². The van der Waals surface area contributed by atoms with Gasteiger partial charge in [0.25, 0.3) is 0 Å². The summed E-state index contributed by atoms with van der Waals surface area (Å²) >= 11 is 0. The van der Waals surface area contributed by atoms with Crippen LogP contribution in [0.15, 0.2) is 30.3 Å². The molecule has 0 amide bonds. The quantitative estimate of drug-likeness (QED) is 0.748. The minimum absolute atomic E-state index is 0.187. The normalized spacial score (nSPS) is 30.0. The maximum Gasteiger partial charge on any atom is 0.320 e. The molecule has 118 valence electrons. The number of hydrogen-bond acceptors (Lipinski definition) is 6. The fourth-order valence-electron chi connectivity index (χ4n) is 3.07. The van der Waals surface area contributed by atoms with E-state index in [2.05, 4.69) is 0 Å². The van der Waals surface area contributed by atoms with Gasteiger partial charge in [-0.1, -0.05) is 30.3 Å². The third kappa shape index (κ3) is 3.13. The summed E-state index contributed by atoms with van der Waals surface area (Å²) in [6.07, 6.45) is -0.436. The van der Waals surface area contributed by atoms with E-state index in [4.69, 9.17) is 14.2 Å². The molecule has 4 atom stereocenters. The second-order valence-corrected chi connectivity index (χ2v) is 5.57. The number of rotatable bonds is 5. The predicted octanol–water partition coefficient (Wildman–Crippen LogP) is 0.744. The molecule has 3 rings (SSSR count). The molecule has 0 saturated carbocycles. The third-order valence-corrected chi connectivity index (χ3v) is 4.13. The van der Waals surface area contributed by atoms with Gasteiger partial charge >= 0.3 is 11.9 Å². The molecule has 0 aromatic heterocycles. The number of methoxy groups -OCH3 is 1. The zero-order valence-electron chi connectivity index (χ0n) is 12.4. The van der Waals surface area contributed by atoms with E-state index in [1.165, 1.54) is 7.11 Å². The highest BCUT2D eigenvalue weighted by molar-refractivity contribution is 5.74. The second-order valence-electron chi connectivity index (χ2n) is 5.57. The number of nitrogens with zero attached hydrogens (tertiary/aromatic N) is 1. The van der Waals surface area contributed by atoms with Crippen LogP contribution >= 0.6 is 0 Å². The van der Waals surface area contributed by atoms with Crippen LogP contribution in [0.4, 0.5) is 0 Å². The fraction of sp³-hybridized carbons (Fsp3) is 0.500. The number of morpholine rings is 1. The number of hydrogen-bond donors (Lipinski definition) is 0. The van der Waals surface area contributed by atoms with Crippen molar-refractivity contribution in [2.75, 3.05) is 20.2 Å². The van der Waals surface area contributed by atoms with Crippen LogP contribution in [0.25, 0.3) is 0 Å². The van der Waals surface area contributed by atoms with Crippen molar-refractivity contribution in [1.82, 2.24) is 4.90 Å². The zero-order valence-corrected chi connectivity index (χ0v) is 12.4. The van der Waals surface area contributed by atoms with Gasteiger partial charge in [-0.25, -0.2) is 0 Å². The highest BCUT2D eigenvalue weighted by Crippen LogP contribution is 2.30. The van der Waals surface area contributed by atoms with E-state index >= 15 is 0 Å². The first kappa shape index (κ1) is 15.0. The van der Waals surface area contributed by atoms with Gasteiger partial charge in [0.15, 0.2) is 0 Å². The number of carbonyl (C=O) groups excluding carboxylic acids is 2. The molecule has 2 heterocycles. The maximum atomic E-state index is 11.6. The minimum atomic E-state index is -0.320. The Balaban J connectivity index is 1.70. The van der Waals surface area contributed by atoms with E-state index in [1.807, 2.05) is 35.2 Å². The molecule has 2 aliphatic rings. The standard InChI is InChI=1S/C16H19NO5/c1-20-14(18)7-12-16(13-8-17(12)9-15(19)22-13)21-10-11-5-3-2-4-6-11/h2-6,12-13,16H,7-10H2,1H3/t12-,13-,16-/m0/s1. The lowest BCUT2D eigenvalue weighted by molar-refractivity contribution is -0.157. The molecular formula is C16H19NO5. The van der Waals surface area contributed by atoms with Crippen molar-refractivity contribution < 1.29 is 23.8 Å². The summed E-state index contributed by atoms with van der Waals surface area (Å²) in [6.45, 7) is 1.22. The highest BCUT2D eigenvalue weighted by atomic mass is 16.6. The largest absolute Gasteiger partial charge is 0.469 e. The van der Waals surface area contributed by atoms with E-state index in [-0.39, 0.29) is 43.2 Å². The van der Waals surface area contributed by atoms with Crippen LogP contribution in [0.2, 0.25) is 0 Å². The van der Waals surface area contributed by atoms with Gasteiger partial charge in [0.1, 0.15) is 12.2 Å². The summed E-state index contributed by atoms with van der Waals surface area (Å²) in [4.78, 5) is 25.2. The number of benzene rings is 1.